The first-order chi connectivity index (χ1) is 9.44. The van der Waals surface area contributed by atoms with E-state index in [1.165, 1.54) is 6.92 Å². The van der Waals surface area contributed by atoms with Gasteiger partial charge in [0.1, 0.15) is 11.7 Å². The van der Waals surface area contributed by atoms with Crippen molar-refractivity contribution in [1.29, 1.82) is 0 Å². The Morgan fingerprint density at radius 3 is 2.85 bits per heavy atom. The Morgan fingerprint density at radius 2 is 2.25 bits per heavy atom. The lowest BCUT2D eigenvalue weighted by Crippen LogP contribution is -2.46. The third-order valence-electron chi connectivity index (χ3n) is 3.75. The van der Waals surface area contributed by atoms with Gasteiger partial charge in [0, 0.05) is 11.3 Å². The summed E-state index contributed by atoms with van der Waals surface area (Å²) in [6.07, 6.45) is 2.40. The van der Waals surface area contributed by atoms with Crippen molar-refractivity contribution < 1.29 is 19.4 Å². The molecule has 0 aromatic heterocycles. The minimum atomic E-state index is -1.34. The number of azide groups is 1. The average Bonchev–Trinajstić information content (AvgIpc) is 2.41. The predicted molar refractivity (Wildman–Crippen MR) is 71.8 cm³/mol. The lowest BCUT2D eigenvalue weighted by molar-refractivity contribution is -0.152. The lowest BCUT2D eigenvalue weighted by Gasteiger charge is -2.37. The fourth-order valence-corrected chi connectivity index (χ4v) is 2.49. The number of hydrogen-bond acceptors (Lipinski definition) is 5. The fourth-order valence-electron chi connectivity index (χ4n) is 2.49. The smallest absolute Gasteiger partial charge is 0.316 e. The molecule has 0 saturated heterocycles. The van der Waals surface area contributed by atoms with Crippen LogP contribution in [0.2, 0.25) is 0 Å². The molecule has 3 unspecified atom stereocenters. The summed E-state index contributed by atoms with van der Waals surface area (Å²) in [4.78, 5) is 26.4. The molecule has 0 bridgehead atoms. The van der Waals surface area contributed by atoms with Crippen LogP contribution in [0, 0.1) is 5.92 Å². The minimum Gasteiger partial charge on any atom is -0.465 e. The highest BCUT2D eigenvalue weighted by atomic mass is 16.5. The van der Waals surface area contributed by atoms with Gasteiger partial charge in [-0.1, -0.05) is 18.0 Å². The molecule has 0 amide bonds. The van der Waals surface area contributed by atoms with Gasteiger partial charge in [0.25, 0.3) is 0 Å². The third-order valence-corrected chi connectivity index (χ3v) is 3.75. The molecule has 112 valence electrons. The molecule has 7 heteroatoms. The molecule has 1 fully saturated rings. The van der Waals surface area contributed by atoms with Crippen LogP contribution < -0.4 is 0 Å². The quantitative estimate of drug-likeness (QED) is 0.264. The van der Waals surface area contributed by atoms with Gasteiger partial charge in [-0.15, -0.1) is 0 Å². The first kappa shape index (κ1) is 16.5. The van der Waals surface area contributed by atoms with E-state index in [0.29, 0.717) is 12.8 Å². The van der Waals surface area contributed by atoms with Crippen LogP contribution in [0.4, 0.5) is 0 Å². The van der Waals surface area contributed by atoms with Crippen LogP contribution in [0.25, 0.3) is 10.4 Å². The van der Waals surface area contributed by atoms with Crippen LogP contribution in [0.3, 0.4) is 0 Å². The topological polar surface area (TPSA) is 112 Å². The SMILES string of the molecule is CCOC(=O)C(C)C(=O)CC1(O)CCCCC1N=[N+]=[N-]. The molecular weight excluding hydrogens is 262 g/mol. The van der Waals surface area contributed by atoms with Crippen molar-refractivity contribution in [3.63, 3.8) is 0 Å². The maximum absolute atomic E-state index is 12.1. The van der Waals surface area contributed by atoms with Crippen LogP contribution in [-0.2, 0) is 14.3 Å². The van der Waals surface area contributed by atoms with E-state index in [4.69, 9.17) is 10.3 Å². The maximum atomic E-state index is 12.1. The summed E-state index contributed by atoms with van der Waals surface area (Å²) in [5.74, 6) is -1.88. The van der Waals surface area contributed by atoms with Gasteiger partial charge in [-0.2, -0.15) is 0 Å². The zero-order chi connectivity index (χ0) is 15.2. The predicted octanol–water partition coefficient (Wildman–Crippen LogP) is 2.13. The Bertz CT molecular complexity index is 420. The number of ketones is 1. The molecule has 1 N–H and O–H groups in total. The number of aliphatic hydroxyl groups is 1. The molecule has 1 rings (SSSR count). The summed E-state index contributed by atoms with van der Waals surface area (Å²) in [6, 6.07) is -0.611. The van der Waals surface area contributed by atoms with Crippen LogP contribution >= 0.6 is 0 Å². The number of carbonyl (C=O) groups is 2. The Hall–Kier alpha value is -1.59. The number of Topliss-reactive ketones (excluding diaryl/α,β-unsaturated/α-hetero) is 1. The Labute approximate surface area is 117 Å². The number of hydrogen-bond donors (Lipinski definition) is 1. The van der Waals surface area contributed by atoms with Crippen LogP contribution in [0.15, 0.2) is 5.11 Å². The number of esters is 1. The van der Waals surface area contributed by atoms with Gasteiger partial charge in [0.15, 0.2) is 0 Å². The summed E-state index contributed by atoms with van der Waals surface area (Å²) in [5.41, 5.74) is 7.20. The van der Waals surface area contributed by atoms with Gasteiger partial charge in [0.2, 0.25) is 0 Å². The largest absolute Gasteiger partial charge is 0.465 e. The zero-order valence-electron chi connectivity index (χ0n) is 11.9. The van der Waals surface area contributed by atoms with E-state index < -0.39 is 23.5 Å². The molecule has 0 heterocycles. The monoisotopic (exact) mass is 283 g/mol. The first-order valence-electron chi connectivity index (χ1n) is 6.90. The van der Waals surface area contributed by atoms with Crippen molar-refractivity contribution in [2.45, 2.75) is 57.6 Å². The standard InChI is InChI=1S/C13H21N3O4/c1-3-20-12(18)9(2)10(17)8-13(19)7-5-4-6-11(13)15-16-14/h9,11,19H,3-8H2,1-2H3. The normalized spacial score (nSPS) is 27.2. The summed E-state index contributed by atoms with van der Waals surface area (Å²) in [7, 11) is 0. The molecular formula is C13H21N3O4. The highest BCUT2D eigenvalue weighted by Gasteiger charge is 2.41. The van der Waals surface area contributed by atoms with E-state index in [2.05, 4.69) is 10.0 Å². The van der Waals surface area contributed by atoms with Gasteiger partial charge in [-0.3, -0.25) is 9.59 Å². The summed E-state index contributed by atoms with van der Waals surface area (Å²) in [6.45, 7) is 3.35. The lowest BCUT2D eigenvalue weighted by atomic mass is 9.76. The molecule has 0 radical (unpaired) electrons. The van der Waals surface area contributed by atoms with Gasteiger partial charge < -0.3 is 9.84 Å². The summed E-state index contributed by atoms with van der Waals surface area (Å²) in [5, 5.41) is 14.1. The van der Waals surface area contributed by atoms with E-state index in [9.17, 15) is 14.7 Å². The van der Waals surface area contributed by atoms with Crippen molar-refractivity contribution in [3.8, 4) is 0 Å². The molecule has 3 atom stereocenters. The van der Waals surface area contributed by atoms with Crippen LogP contribution in [-0.4, -0.2) is 35.1 Å². The Morgan fingerprint density at radius 1 is 1.55 bits per heavy atom. The van der Waals surface area contributed by atoms with Crippen LogP contribution in [0.5, 0.6) is 0 Å². The average molecular weight is 283 g/mol. The number of carbonyl (C=O) groups excluding carboxylic acids is 2. The Balaban J connectivity index is 2.75. The first-order valence-corrected chi connectivity index (χ1v) is 6.90. The molecule has 0 spiro atoms. The van der Waals surface area contributed by atoms with Gasteiger partial charge in [-0.05, 0) is 32.2 Å². The summed E-state index contributed by atoms with van der Waals surface area (Å²) < 4.78 is 4.80. The molecule has 1 saturated carbocycles. The van der Waals surface area contributed by atoms with Crippen molar-refractivity contribution in [2.75, 3.05) is 6.61 Å². The molecule has 1 aliphatic rings. The van der Waals surface area contributed by atoms with E-state index in [-0.39, 0.29) is 18.8 Å². The van der Waals surface area contributed by atoms with Gasteiger partial charge in [0.05, 0.1) is 18.2 Å². The van der Waals surface area contributed by atoms with E-state index in [0.717, 1.165) is 12.8 Å². The molecule has 7 nitrogen and oxygen atoms in total. The molecule has 0 aliphatic heterocycles. The fraction of sp³-hybridized carbons (Fsp3) is 0.846. The van der Waals surface area contributed by atoms with Crippen molar-refractivity contribution in [3.05, 3.63) is 10.4 Å². The second-order valence-corrected chi connectivity index (χ2v) is 5.19. The second kappa shape index (κ2) is 7.26. The van der Waals surface area contributed by atoms with Gasteiger partial charge >= 0.3 is 5.97 Å². The minimum absolute atomic E-state index is 0.184. The van der Waals surface area contributed by atoms with E-state index in [1.807, 2.05) is 0 Å². The molecule has 0 aromatic rings. The number of rotatable bonds is 6. The van der Waals surface area contributed by atoms with E-state index in [1.54, 1.807) is 6.92 Å². The van der Waals surface area contributed by atoms with Crippen molar-refractivity contribution in [1.82, 2.24) is 0 Å². The van der Waals surface area contributed by atoms with E-state index >= 15 is 0 Å². The van der Waals surface area contributed by atoms with Crippen LogP contribution in [0.1, 0.15) is 46.0 Å². The molecule has 20 heavy (non-hydrogen) atoms. The maximum Gasteiger partial charge on any atom is 0.316 e. The highest BCUT2D eigenvalue weighted by molar-refractivity contribution is 5.99. The molecule has 0 aromatic carbocycles. The zero-order valence-corrected chi connectivity index (χ0v) is 11.9. The highest BCUT2D eigenvalue weighted by Crippen LogP contribution is 2.34. The molecule has 1 aliphatic carbocycles. The summed E-state index contributed by atoms with van der Waals surface area (Å²) >= 11 is 0. The van der Waals surface area contributed by atoms with Crippen molar-refractivity contribution in [2.24, 2.45) is 11.0 Å². The number of nitrogens with zero attached hydrogens (tertiary/aromatic N) is 3. The number of ether oxygens (including phenoxy) is 1. The Kier molecular flexibility index (Phi) is 5.98. The van der Waals surface area contributed by atoms with Crippen molar-refractivity contribution >= 4 is 11.8 Å². The second-order valence-electron chi connectivity index (χ2n) is 5.19. The van der Waals surface area contributed by atoms with Gasteiger partial charge in [-0.25, -0.2) is 0 Å². The third kappa shape index (κ3) is 3.95.